The van der Waals surface area contributed by atoms with Gasteiger partial charge in [0.2, 0.25) is 0 Å². The van der Waals surface area contributed by atoms with Gasteiger partial charge in [-0.1, -0.05) is 182 Å². The molecule has 0 amide bonds. The Bertz CT molecular complexity index is 3550. The summed E-state index contributed by atoms with van der Waals surface area (Å²) in [4.78, 5) is 2.30. The molecule has 0 atom stereocenters. The van der Waals surface area contributed by atoms with Crippen LogP contribution in [0.25, 0.3) is 99.2 Å². The minimum atomic E-state index is 0.855. The average Bonchev–Trinajstić information content (AvgIpc) is 3.94. The molecule has 0 fully saturated rings. The lowest BCUT2D eigenvalue weighted by Crippen LogP contribution is -2.10. The minimum absolute atomic E-state index is 0.855. The third-order valence-corrected chi connectivity index (χ3v) is 12.1. The van der Waals surface area contributed by atoms with Gasteiger partial charge in [0, 0.05) is 44.0 Å². The summed E-state index contributed by atoms with van der Waals surface area (Å²) in [7, 11) is 0. The second-order valence-corrected chi connectivity index (χ2v) is 15.6. The number of furan rings is 2. The van der Waals surface area contributed by atoms with E-state index in [0.29, 0.717) is 0 Å². The van der Waals surface area contributed by atoms with Crippen LogP contribution >= 0.6 is 0 Å². The summed E-state index contributed by atoms with van der Waals surface area (Å²) in [6.07, 6.45) is 0. The van der Waals surface area contributed by atoms with Crippen LogP contribution in [0.4, 0.5) is 17.1 Å². The van der Waals surface area contributed by atoms with Crippen molar-refractivity contribution >= 4 is 71.5 Å². The highest BCUT2D eigenvalue weighted by Crippen LogP contribution is 2.48. The van der Waals surface area contributed by atoms with Gasteiger partial charge in [-0.3, -0.25) is 0 Å². The van der Waals surface area contributed by atoms with E-state index in [-0.39, 0.29) is 0 Å². The number of fused-ring (bicyclic) bond motifs is 9. The monoisotopic (exact) mass is 779 g/mol. The third kappa shape index (κ3) is 5.82. The molecule has 0 aliphatic rings. The van der Waals surface area contributed by atoms with Crippen molar-refractivity contribution in [2.24, 2.45) is 0 Å². The molecule has 12 aromatic rings. The Balaban J connectivity index is 1.02. The molecule has 286 valence electrons. The lowest BCUT2D eigenvalue weighted by molar-refractivity contribution is 0.636. The molecule has 61 heavy (non-hydrogen) atoms. The van der Waals surface area contributed by atoms with Gasteiger partial charge in [0.1, 0.15) is 16.9 Å². The Morgan fingerprint density at radius 1 is 0.295 bits per heavy atom. The first-order valence-electron chi connectivity index (χ1n) is 20.7. The fraction of sp³-hybridized carbons (Fsp3) is 0. The second kappa shape index (κ2) is 14.3. The summed E-state index contributed by atoms with van der Waals surface area (Å²) in [6, 6.07) is 79.6. The fourth-order valence-electron chi connectivity index (χ4n) is 9.21. The van der Waals surface area contributed by atoms with E-state index in [2.05, 4.69) is 217 Å². The van der Waals surface area contributed by atoms with Gasteiger partial charge in [-0.15, -0.1) is 0 Å². The van der Waals surface area contributed by atoms with Crippen molar-refractivity contribution in [2.75, 3.05) is 4.90 Å². The first-order chi connectivity index (χ1) is 30.3. The molecule has 3 heteroatoms. The van der Waals surface area contributed by atoms with Gasteiger partial charge < -0.3 is 13.7 Å². The molecular weight excluding hydrogens is 743 g/mol. The quantitative estimate of drug-likeness (QED) is 0.151. The van der Waals surface area contributed by atoms with E-state index in [0.717, 1.165) is 88.9 Å². The molecule has 0 aliphatic heterocycles. The summed E-state index contributed by atoms with van der Waals surface area (Å²) in [5, 5.41) is 7.98. The maximum Gasteiger partial charge on any atom is 0.159 e. The number of hydrogen-bond acceptors (Lipinski definition) is 3. The molecule has 0 bridgehead atoms. The number of benzene rings is 10. The Kier molecular flexibility index (Phi) is 8.17. The van der Waals surface area contributed by atoms with E-state index < -0.39 is 0 Å². The summed E-state index contributed by atoms with van der Waals surface area (Å²) >= 11 is 0. The Labute approximate surface area is 353 Å². The van der Waals surface area contributed by atoms with Crippen molar-refractivity contribution < 1.29 is 8.83 Å². The van der Waals surface area contributed by atoms with Crippen molar-refractivity contribution in [2.45, 2.75) is 0 Å². The number of hydrogen-bond donors (Lipinski definition) is 0. The molecule has 0 saturated heterocycles. The molecule has 0 radical (unpaired) electrons. The van der Waals surface area contributed by atoms with E-state index >= 15 is 0 Å². The van der Waals surface area contributed by atoms with Crippen LogP contribution in [0.2, 0.25) is 0 Å². The van der Waals surface area contributed by atoms with Crippen LogP contribution in [-0.2, 0) is 0 Å². The topological polar surface area (TPSA) is 29.5 Å². The summed E-state index contributed by atoms with van der Waals surface area (Å²) < 4.78 is 13.7. The summed E-state index contributed by atoms with van der Waals surface area (Å²) in [5.41, 5.74) is 13.6. The van der Waals surface area contributed by atoms with Crippen LogP contribution in [0.15, 0.2) is 233 Å². The largest absolute Gasteiger partial charge is 0.455 e. The van der Waals surface area contributed by atoms with Gasteiger partial charge in [-0.25, -0.2) is 0 Å². The zero-order chi connectivity index (χ0) is 40.3. The molecule has 10 aromatic carbocycles. The first kappa shape index (κ1) is 34.9. The zero-order valence-electron chi connectivity index (χ0n) is 33.1. The normalized spacial score (nSPS) is 11.6. The van der Waals surface area contributed by atoms with Crippen LogP contribution in [0, 0.1) is 0 Å². The number of para-hydroxylation sites is 2. The maximum absolute atomic E-state index is 7.08. The predicted molar refractivity (Wildman–Crippen MR) is 255 cm³/mol. The van der Waals surface area contributed by atoms with E-state index in [1.807, 2.05) is 12.1 Å². The van der Waals surface area contributed by atoms with Crippen LogP contribution in [0.5, 0.6) is 0 Å². The van der Waals surface area contributed by atoms with Crippen LogP contribution in [0.1, 0.15) is 0 Å². The molecule has 2 aromatic heterocycles. The molecule has 0 unspecified atom stereocenters. The first-order valence-corrected chi connectivity index (χ1v) is 20.7. The van der Waals surface area contributed by atoms with E-state index in [9.17, 15) is 0 Å². The van der Waals surface area contributed by atoms with Crippen molar-refractivity contribution in [3.05, 3.63) is 224 Å². The highest BCUT2D eigenvalue weighted by atomic mass is 16.3. The van der Waals surface area contributed by atoms with Gasteiger partial charge in [0.15, 0.2) is 5.58 Å². The molecule has 0 aliphatic carbocycles. The minimum Gasteiger partial charge on any atom is -0.455 e. The number of nitrogens with zero attached hydrogens (tertiary/aromatic N) is 1. The van der Waals surface area contributed by atoms with Gasteiger partial charge in [-0.05, 0) is 86.4 Å². The van der Waals surface area contributed by atoms with E-state index in [1.54, 1.807) is 0 Å². The van der Waals surface area contributed by atoms with Gasteiger partial charge in [0.05, 0.1) is 5.69 Å². The smallest absolute Gasteiger partial charge is 0.159 e. The third-order valence-electron chi connectivity index (χ3n) is 12.1. The predicted octanol–water partition coefficient (Wildman–Crippen LogP) is 16.8. The van der Waals surface area contributed by atoms with Crippen molar-refractivity contribution in [1.29, 1.82) is 0 Å². The molecule has 12 rings (SSSR count). The Morgan fingerprint density at radius 3 is 1.49 bits per heavy atom. The summed E-state index contributed by atoms with van der Waals surface area (Å²) in [6.45, 7) is 0. The van der Waals surface area contributed by atoms with Crippen LogP contribution in [-0.4, -0.2) is 0 Å². The molecular formula is C58H37NO2. The molecule has 0 spiro atoms. The van der Waals surface area contributed by atoms with Gasteiger partial charge >= 0.3 is 0 Å². The van der Waals surface area contributed by atoms with Crippen molar-refractivity contribution in [3.8, 4) is 44.7 Å². The Hall–Kier alpha value is -8.14. The lowest BCUT2D eigenvalue weighted by Gasteiger charge is -2.26. The van der Waals surface area contributed by atoms with Crippen molar-refractivity contribution in [3.63, 3.8) is 0 Å². The Morgan fingerprint density at radius 2 is 0.803 bits per heavy atom. The molecule has 3 nitrogen and oxygen atoms in total. The van der Waals surface area contributed by atoms with Gasteiger partial charge in [0.25, 0.3) is 0 Å². The van der Waals surface area contributed by atoms with E-state index in [1.165, 1.54) is 27.3 Å². The fourth-order valence-corrected chi connectivity index (χ4v) is 9.21. The second-order valence-electron chi connectivity index (χ2n) is 15.6. The molecule has 0 saturated carbocycles. The number of rotatable bonds is 7. The summed E-state index contributed by atoms with van der Waals surface area (Å²) in [5.74, 6) is 0.880. The SMILES string of the molecule is c1ccc(-c2ccc(N(c3ccc(-c4ccc5c6ccccc6c6c(-c7ccccc7)c(-c7ccccc7)oc6c5c4)cc3)c3cccc4c3oc3ccccc34)cc2)cc1. The highest BCUT2D eigenvalue weighted by Gasteiger charge is 2.24. The maximum atomic E-state index is 7.08. The van der Waals surface area contributed by atoms with E-state index in [4.69, 9.17) is 8.83 Å². The lowest BCUT2D eigenvalue weighted by atomic mass is 9.91. The number of anilines is 3. The average molecular weight is 780 g/mol. The van der Waals surface area contributed by atoms with Crippen molar-refractivity contribution in [1.82, 2.24) is 0 Å². The molecule has 0 N–H and O–H groups in total. The molecule has 2 heterocycles. The zero-order valence-corrected chi connectivity index (χ0v) is 33.1. The van der Waals surface area contributed by atoms with Crippen LogP contribution < -0.4 is 4.90 Å². The standard InChI is InChI=1S/C58H37NO2/c1-4-15-38(16-5-1)39-27-32-44(33-28-39)59(52-25-14-24-50-48-22-12-13-26-53(48)60-57(50)52)45-34-29-40(30-35-45)43-31-36-47-46-21-10-11-23-49(46)55-54(41-17-6-2-7-18-41)56(42-19-8-3-9-20-42)61-58(55)51(47)37-43/h1-37H. The van der Waals surface area contributed by atoms with Crippen LogP contribution in [0.3, 0.4) is 0 Å². The van der Waals surface area contributed by atoms with Gasteiger partial charge in [-0.2, -0.15) is 0 Å². The highest BCUT2D eigenvalue weighted by molar-refractivity contribution is 6.29.